The molecule has 2 aliphatic heterocycles. The lowest BCUT2D eigenvalue weighted by Gasteiger charge is -2.29. The molecule has 2 atom stereocenters. The second-order valence-corrected chi connectivity index (χ2v) is 7.53. The summed E-state index contributed by atoms with van der Waals surface area (Å²) in [7, 11) is 0. The van der Waals surface area contributed by atoms with Crippen LogP contribution in [0.5, 0.6) is 0 Å². The normalized spacial score (nSPS) is 26.7. The van der Waals surface area contributed by atoms with Crippen LogP contribution in [0, 0.1) is 0 Å². The van der Waals surface area contributed by atoms with Crippen LogP contribution in [0.25, 0.3) is 5.65 Å². The molecule has 0 bridgehead atoms. The average molecular weight is 331 g/mol. The summed E-state index contributed by atoms with van der Waals surface area (Å²) in [6.07, 6.45) is 3.21. The number of rotatable bonds is 3. The molecule has 4 rings (SSSR count). The minimum absolute atomic E-state index is 0.0746. The van der Waals surface area contributed by atoms with Crippen molar-refractivity contribution in [1.29, 1.82) is 0 Å². The minimum Gasteiger partial charge on any atom is -0.347 e. The van der Waals surface area contributed by atoms with Crippen molar-refractivity contribution in [2.24, 2.45) is 0 Å². The predicted molar refractivity (Wildman–Crippen MR) is 85.6 cm³/mol. The standard InChI is InChI=1S/C15H17N5O2S/c1-15-6-5-13(21)20(15)10(9-23-15)14(22)16-8-12-18-17-11-4-2-3-7-19(11)12/h2-4,7,10H,5-6,8-9H2,1H3,(H,16,22)/t10-,15+/m0/s1. The van der Waals surface area contributed by atoms with E-state index in [2.05, 4.69) is 15.5 Å². The summed E-state index contributed by atoms with van der Waals surface area (Å²) in [6.45, 7) is 2.34. The van der Waals surface area contributed by atoms with E-state index in [0.717, 1.165) is 12.1 Å². The highest BCUT2D eigenvalue weighted by molar-refractivity contribution is 8.01. The van der Waals surface area contributed by atoms with E-state index in [1.54, 1.807) is 16.7 Å². The molecule has 120 valence electrons. The Labute approximate surface area is 137 Å². The molecule has 0 aliphatic carbocycles. The van der Waals surface area contributed by atoms with Crippen molar-refractivity contribution in [3.05, 3.63) is 30.2 Å². The highest BCUT2D eigenvalue weighted by atomic mass is 32.2. The zero-order valence-electron chi connectivity index (χ0n) is 12.7. The Hall–Kier alpha value is -2.09. The van der Waals surface area contributed by atoms with Gasteiger partial charge in [0.1, 0.15) is 6.04 Å². The number of pyridine rings is 1. The van der Waals surface area contributed by atoms with Gasteiger partial charge in [-0.15, -0.1) is 22.0 Å². The summed E-state index contributed by atoms with van der Waals surface area (Å²) in [5.74, 6) is 1.28. The highest BCUT2D eigenvalue weighted by Crippen LogP contribution is 2.47. The summed E-state index contributed by atoms with van der Waals surface area (Å²) in [5, 5.41) is 11.1. The third-order valence-corrected chi connectivity index (χ3v) is 6.06. The Morgan fingerprint density at radius 3 is 3.22 bits per heavy atom. The number of carbonyl (C=O) groups is 2. The first-order chi connectivity index (χ1) is 11.1. The van der Waals surface area contributed by atoms with Crippen LogP contribution in [-0.4, -0.2) is 48.0 Å². The number of carbonyl (C=O) groups excluding carboxylic acids is 2. The molecule has 23 heavy (non-hydrogen) atoms. The fourth-order valence-corrected chi connectivity index (χ4v) is 4.74. The molecular formula is C15H17N5O2S. The maximum absolute atomic E-state index is 12.5. The van der Waals surface area contributed by atoms with Crippen molar-refractivity contribution in [1.82, 2.24) is 24.8 Å². The van der Waals surface area contributed by atoms with Gasteiger partial charge in [0.25, 0.3) is 0 Å². The maximum Gasteiger partial charge on any atom is 0.244 e. The van der Waals surface area contributed by atoms with Crippen molar-refractivity contribution < 1.29 is 9.59 Å². The van der Waals surface area contributed by atoms with Crippen molar-refractivity contribution in [3.8, 4) is 0 Å². The number of thioether (sulfide) groups is 1. The van der Waals surface area contributed by atoms with Gasteiger partial charge in [-0.2, -0.15) is 0 Å². The molecule has 2 aromatic heterocycles. The van der Waals surface area contributed by atoms with Crippen molar-refractivity contribution >= 4 is 29.2 Å². The van der Waals surface area contributed by atoms with E-state index >= 15 is 0 Å². The van der Waals surface area contributed by atoms with E-state index in [-0.39, 0.29) is 22.7 Å². The molecule has 7 nitrogen and oxygen atoms in total. The Kier molecular flexibility index (Phi) is 3.29. The van der Waals surface area contributed by atoms with E-state index in [4.69, 9.17) is 0 Å². The molecule has 2 fully saturated rings. The molecule has 8 heteroatoms. The summed E-state index contributed by atoms with van der Waals surface area (Å²) in [4.78, 5) is 26.2. The highest BCUT2D eigenvalue weighted by Gasteiger charge is 2.52. The van der Waals surface area contributed by atoms with Gasteiger partial charge in [-0.1, -0.05) is 6.07 Å². The second-order valence-electron chi connectivity index (χ2n) is 6.03. The van der Waals surface area contributed by atoms with E-state index in [9.17, 15) is 9.59 Å². The third-order valence-electron chi connectivity index (χ3n) is 4.55. The first kappa shape index (κ1) is 14.5. The first-order valence-corrected chi connectivity index (χ1v) is 8.59. The lowest BCUT2D eigenvalue weighted by Crippen LogP contribution is -2.50. The fourth-order valence-electron chi connectivity index (χ4n) is 3.31. The van der Waals surface area contributed by atoms with Crippen LogP contribution in [0.3, 0.4) is 0 Å². The summed E-state index contributed by atoms with van der Waals surface area (Å²) in [6, 6.07) is 5.26. The lowest BCUT2D eigenvalue weighted by atomic mass is 10.2. The number of hydrogen-bond acceptors (Lipinski definition) is 5. The van der Waals surface area contributed by atoms with Crippen LogP contribution in [0.2, 0.25) is 0 Å². The maximum atomic E-state index is 12.5. The molecule has 2 amide bonds. The number of fused-ring (bicyclic) bond motifs is 2. The SMILES string of the molecule is C[C@@]12CCC(=O)N1[C@H](C(=O)NCc1nnc3ccccn13)CS2. The monoisotopic (exact) mass is 331 g/mol. The summed E-state index contributed by atoms with van der Waals surface area (Å²) >= 11 is 1.69. The van der Waals surface area contributed by atoms with Crippen molar-refractivity contribution in [2.45, 2.75) is 37.2 Å². The zero-order chi connectivity index (χ0) is 16.0. The van der Waals surface area contributed by atoms with E-state index in [1.807, 2.05) is 35.7 Å². The number of nitrogens with zero attached hydrogens (tertiary/aromatic N) is 4. The number of aromatic nitrogens is 3. The molecule has 0 spiro atoms. The Bertz CT molecular complexity index is 791. The van der Waals surface area contributed by atoms with Crippen LogP contribution in [0.1, 0.15) is 25.6 Å². The molecule has 0 aromatic carbocycles. The zero-order valence-corrected chi connectivity index (χ0v) is 13.5. The molecule has 2 aliphatic rings. The van der Waals surface area contributed by atoms with Crippen molar-refractivity contribution in [2.75, 3.05) is 5.75 Å². The topological polar surface area (TPSA) is 79.6 Å². The van der Waals surface area contributed by atoms with Gasteiger partial charge < -0.3 is 10.2 Å². The molecule has 1 N–H and O–H groups in total. The molecule has 2 aromatic rings. The van der Waals surface area contributed by atoms with Gasteiger partial charge in [0, 0.05) is 18.4 Å². The van der Waals surface area contributed by atoms with Gasteiger partial charge >= 0.3 is 0 Å². The smallest absolute Gasteiger partial charge is 0.244 e. The summed E-state index contributed by atoms with van der Waals surface area (Å²) < 4.78 is 1.84. The number of hydrogen-bond donors (Lipinski definition) is 1. The van der Waals surface area contributed by atoms with E-state index in [1.165, 1.54) is 0 Å². The third kappa shape index (κ3) is 2.28. The largest absolute Gasteiger partial charge is 0.347 e. The van der Waals surface area contributed by atoms with Gasteiger partial charge in [-0.3, -0.25) is 14.0 Å². The van der Waals surface area contributed by atoms with Gasteiger partial charge in [0.15, 0.2) is 11.5 Å². The van der Waals surface area contributed by atoms with Gasteiger partial charge in [0.05, 0.1) is 11.4 Å². The minimum atomic E-state index is -0.390. The molecule has 0 unspecified atom stereocenters. The first-order valence-electron chi connectivity index (χ1n) is 7.61. The van der Waals surface area contributed by atoms with Crippen molar-refractivity contribution in [3.63, 3.8) is 0 Å². The van der Waals surface area contributed by atoms with Crippen LogP contribution in [0.15, 0.2) is 24.4 Å². The second kappa shape index (κ2) is 5.23. The lowest BCUT2D eigenvalue weighted by molar-refractivity contribution is -0.138. The Balaban J connectivity index is 1.47. The number of nitrogens with one attached hydrogen (secondary N) is 1. The van der Waals surface area contributed by atoms with Gasteiger partial charge in [0.2, 0.25) is 11.8 Å². The average Bonchev–Trinajstić information content (AvgIpc) is 3.19. The van der Waals surface area contributed by atoms with Gasteiger partial charge in [-0.25, -0.2) is 0 Å². The Morgan fingerprint density at radius 1 is 1.48 bits per heavy atom. The predicted octanol–water partition coefficient (Wildman–Crippen LogP) is 0.799. The number of amides is 2. The van der Waals surface area contributed by atoms with Gasteiger partial charge in [-0.05, 0) is 25.5 Å². The van der Waals surface area contributed by atoms with Crippen LogP contribution >= 0.6 is 11.8 Å². The molecule has 4 heterocycles. The molecule has 0 saturated carbocycles. The van der Waals surface area contributed by atoms with Crippen LogP contribution in [0.4, 0.5) is 0 Å². The summed E-state index contributed by atoms with van der Waals surface area (Å²) in [5.41, 5.74) is 0.746. The molecule has 0 radical (unpaired) electrons. The van der Waals surface area contributed by atoms with Crippen LogP contribution in [-0.2, 0) is 16.1 Å². The van der Waals surface area contributed by atoms with Crippen LogP contribution < -0.4 is 5.32 Å². The quantitative estimate of drug-likeness (QED) is 0.900. The Morgan fingerprint density at radius 2 is 2.35 bits per heavy atom. The van der Waals surface area contributed by atoms with E-state index in [0.29, 0.717) is 24.5 Å². The molecular weight excluding hydrogens is 314 g/mol. The van der Waals surface area contributed by atoms with E-state index < -0.39 is 0 Å². The fraction of sp³-hybridized carbons (Fsp3) is 0.467. The molecule has 2 saturated heterocycles.